The van der Waals surface area contributed by atoms with Crippen molar-refractivity contribution in [2.75, 3.05) is 11.8 Å². The lowest BCUT2D eigenvalue weighted by atomic mass is 10.2. The summed E-state index contributed by atoms with van der Waals surface area (Å²) >= 11 is 3.30. The van der Waals surface area contributed by atoms with E-state index in [9.17, 15) is 8.42 Å². The summed E-state index contributed by atoms with van der Waals surface area (Å²) < 4.78 is 39.2. The number of methoxy groups -OCH3 is 1. The van der Waals surface area contributed by atoms with Gasteiger partial charge in [0.1, 0.15) is 5.75 Å². The molecule has 0 radical (unpaired) electrons. The van der Waals surface area contributed by atoms with E-state index in [1.165, 1.54) is 19.2 Å². The number of hydrogen-bond donors (Lipinski definition) is 1. The molecule has 0 amide bonds. The van der Waals surface area contributed by atoms with Gasteiger partial charge in [0.2, 0.25) is 0 Å². The van der Waals surface area contributed by atoms with Crippen molar-refractivity contribution in [3.8, 4) is 17.1 Å². The number of oxazole rings is 1. The van der Waals surface area contributed by atoms with Crippen LogP contribution in [0.1, 0.15) is 24.7 Å². The number of aromatic nitrogens is 1. The first-order valence-corrected chi connectivity index (χ1v) is 10.7. The Morgan fingerprint density at radius 1 is 1.19 bits per heavy atom. The smallest absolute Gasteiger partial charge is 0.261 e. The highest BCUT2D eigenvalue weighted by molar-refractivity contribution is 9.10. The Morgan fingerprint density at radius 2 is 1.93 bits per heavy atom. The summed E-state index contributed by atoms with van der Waals surface area (Å²) in [5.41, 5.74) is 1.32. The fourth-order valence-corrected chi connectivity index (χ4v) is 4.45. The summed E-state index contributed by atoms with van der Waals surface area (Å²) in [6.07, 6.45) is 3.96. The maximum absolute atomic E-state index is 12.6. The molecule has 1 aromatic heterocycles. The van der Waals surface area contributed by atoms with Crippen LogP contribution in [-0.2, 0) is 10.0 Å². The Hall–Kier alpha value is -2.32. The van der Waals surface area contributed by atoms with Crippen LogP contribution in [0.3, 0.4) is 0 Å². The molecule has 1 fully saturated rings. The van der Waals surface area contributed by atoms with Crippen LogP contribution in [0.5, 0.6) is 5.75 Å². The number of sulfonamides is 1. The van der Waals surface area contributed by atoms with Gasteiger partial charge in [0.25, 0.3) is 10.0 Å². The van der Waals surface area contributed by atoms with Crippen LogP contribution in [0.2, 0.25) is 0 Å². The van der Waals surface area contributed by atoms with Crippen LogP contribution in [-0.4, -0.2) is 20.5 Å². The fraction of sp³-hybridized carbons (Fsp3) is 0.211. The van der Waals surface area contributed by atoms with Gasteiger partial charge in [-0.15, -0.1) is 0 Å². The van der Waals surface area contributed by atoms with Gasteiger partial charge in [-0.2, -0.15) is 0 Å². The normalized spacial score (nSPS) is 14.1. The second-order valence-corrected chi connectivity index (χ2v) is 8.85. The molecule has 27 heavy (non-hydrogen) atoms. The monoisotopic (exact) mass is 448 g/mol. The van der Waals surface area contributed by atoms with Crippen LogP contribution < -0.4 is 9.46 Å². The second-order valence-electron chi connectivity index (χ2n) is 6.32. The minimum Gasteiger partial charge on any atom is -0.496 e. The SMILES string of the molecule is COc1ccc(S(=O)(=O)Nc2ccc(-c3cnc(C4CC4)o3)cc2)cc1Br. The number of halogens is 1. The highest BCUT2D eigenvalue weighted by Crippen LogP contribution is 2.40. The summed E-state index contributed by atoms with van der Waals surface area (Å²) in [5.74, 6) is 2.48. The molecule has 1 aliphatic carbocycles. The zero-order valence-corrected chi connectivity index (χ0v) is 16.9. The van der Waals surface area contributed by atoms with Crippen molar-refractivity contribution in [1.29, 1.82) is 0 Å². The van der Waals surface area contributed by atoms with Crippen LogP contribution in [0, 0.1) is 0 Å². The maximum Gasteiger partial charge on any atom is 0.261 e. The first-order chi connectivity index (χ1) is 13.0. The molecule has 3 aromatic rings. The van der Waals surface area contributed by atoms with Gasteiger partial charge in [0.15, 0.2) is 11.7 Å². The first kappa shape index (κ1) is 18.1. The summed E-state index contributed by atoms with van der Waals surface area (Å²) in [4.78, 5) is 4.45. The summed E-state index contributed by atoms with van der Waals surface area (Å²) in [6, 6.07) is 11.6. The van der Waals surface area contributed by atoms with E-state index in [1.807, 2.05) is 0 Å². The van der Waals surface area contributed by atoms with Gasteiger partial charge in [-0.3, -0.25) is 4.72 Å². The minimum absolute atomic E-state index is 0.142. The summed E-state index contributed by atoms with van der Waals surface area (Å²) in [7, 11) is -2.18. The van der Waals surface area contributed by atoms with Crippen molar-refractivity contribution < 1.29 is 17.6 Å². The van der Waals surface area contributed by atoms with Gasteiger partial charge in [0, 0.05) is 17.2 Å². The van der Waals surface area contributed by atoms with Crippen molar-refractivity contribution in [2.24, 2.45) is 0 Å². The van der Waals surface area contributed by atoms with E-state index in [0.29, 0.717) is 27.6 Å². The summed E-state index contributed by atoms with van der Waals surface area (Å²) in [6.45, 7) is 0. The molecule has 0 unspecified atom stereocenters. The molecule has 140 valence electrons. The van der Waals surface area contributed by atoms with Crippen molar-refractivity contribution in [2.45, 2.75) is 23.7 Å². The molecular weight excluding hydrogens is 432 g/mol. The number of anilines is 1. The molecule has 0 atom stereocenters. The van der Waals surface area contributed by atoms with Crippen LogP contribution >= 0.6 is 15.9 Å². The van der Waals surface area contributed by atoms with Crippen LogP contribution in [0.25, 0.3) is 11.3 Å². The molecule has 8 heteroatoms. The molecular formula is C19H17BrN2O4S. The molecule has 2 aromatic carbocycles. The second kappa shape index (κ2) is 7.01. The van der Waals surface area contributed by atoms with E-state index in [1.54, 1.807) is 36.5 Å². The van der Waals surface area contributed by atoms with Gasteiger partial charge < -0.3 is 9.15 Å². The molecule has 0 aliphatic heterocycles. The third-order valence-electron chi connectivity index (χ3n) is 4.31. The van der Waals surface area contributed by atoms with E-state index >= 15 is 0 Å². The molecule has 6 nitrogen and oxygen atoms in total. The predicted octanol–water partition coefficient (Wildman–Crippen LogP) is 4.79. The first-order valence-electron chi connectivity index (χ1n) is 8.39. The molecule has 1 saturated carbocycles. The Balaban J connectivity index is 1.52. The van der Waals surface area contributed by atoms with E-state index in [4.69, 9.17) is 9.15 Å². The van der Waals surface area contributed by atoms with Gasteiger partial charge in [-0.25, -0.2) is 13.4 Å². The quantitative estimate of drug-likeness (QED) is 0.585. The molecule has 0 bridgehead atoms. The van der Waals surface area contributed by atoms with Crippen molar-refractivity contribution in [1.82, 2.24) is 4.98 Å². The van der Waals surface area contributed by atoms with Crippen LogP contribution in [0.15, 0.2) is 62.4 Å². The topological polar surface area (TPSA) is 81.4 Å². The van der Waals surface area contributed by atoms with Gasteiger partial charge in [-0.1, -0.05) is 0 Å². The number of rotatable bonds is 6. The molecule has 1 N–H and O–H groups in total. The number of hydrogen-bond acceptors (Lipinski definition) is 5. The molecule has 4 rings (SSSR count). The number of nitrogens with zero attached hydrogens (tertiary/aromatic N) is 1. The Morgan fingerprint density at radius 3 is 2.56 bits per heavy atom. The van der Waals surface area contributed by atoms with Crippen molar-refractivity contribution >= 4 is 31.6 Å². The van der Waals surface area contributed by atoms with E-state index in [-0.39, 0.29) is 4.90 Å². The lowest BCUT2D eigenvalue weighted by Crippen LogP contribution is -2.12. The van der Waals surface area contributed by atoms with E-state index in [2.05, 4.69) is 25.6 Å². The van der Waals surface area contributed by atoms with Crippen molar-refractivity contribution in [3.05, 3.63) is 59.0 Å². The lowest BCUT2D eigenvalue weighted by Gasteiger charge is -2.10. The third kappa shape index (κ3) is 3.86. The fourth-order valence-electron chi connectivity index (χ4n) is 2.67. The Bertz CT molecular complexity index is 1070. The zero-order chi connectivity index (χ0) is 19.0. The average Bonchev–Trinajstić information content (AvgIpc) is 3.39. The lowest BCUT2D eigenvalue weighted by molar-refractivity contribution is 0.411. The van der Waals surface area contributed by atoms with E-state index < -0.39 is 10.0 Å². The molecule has 1 aliphatic rings. The van der Waals surface area contributed by atoms with Gasteiger partial charge in [0.05, 0.1) is 22.7 Å². The Labute approximate surface area is 165 Å². The van der Waals surface area contributed by atoms with Crippen LogP contribution in [0.4, 0.5) is 5.69 Å². The molecule has 1 heterocycles. The number of benzene rings is 2. The average molecular weight is 449 g/mol. The summed E-state index contributed by atoms with van der Waals surface area (Å²) in [5, 5.41) is 0. The largest absolute Gasteiger partial charge is 0.496 e. The predicted molar refractivity (Wildman–Crippen MR) is 105 cm³/mol. The number of ether oxygens (including phenoxy) is 1. The standard InChI is InChI=1S/C19H17BrN2O4S/c1-25-17-9-8-15(10-16(17)20)27(23,24)22-14-6-4-12(5-7-14)18-11-21-19(26-18)13-2-3-13/h4-11,13,22H,2-3H2,1H3. The third-order valence-corrected chi connectivity index (χ3v) is 6.30. The minimum atomic E-state index is -3.71. The number of nitrogens with one attached hydrogen (secondary N) is 1. The van der Waals surface area contributed by atoms with Gasteiger partial charge in [-0.05, 0) is 71.2 Å². The van der Waals surface area contributed by atoms with E-state index in [0.717, 1.165) is 24.3 Å². The van der Waals surface area contributed by atoms with Crippen molar-refractivity contribution in [3.63, 3.8) is 0 Å². The maximum atomic E-state index is 12.6. The Kier molecular flexibility index (Phi) is 4.69. The molecule has 0 saturated heterocycles. The highest BCUT2D eigenvalue weighted by Gasteiger charge is 2.28. The zero-order valence-electron chi connectivity index (χ0n) is 14.5. The highest BCUT2D eigenvalue weighted by atomic mass is 79.9. The van der Waals surface area contributed by atoms with Gasteiger partial charge >= 0.3 is 0 Å². The molecule has 0 spiro atoms.